The highest BCUT2D eigenvalue weighted by atomic mass is 16.5. The highest BCUT2D eigenvalue weighted by Gasteiger charge is 2.30. The molecule has 2 rings (SSSR count). The summed E-state index contributed by atoms with van der Waals surface area (Å²) in [5, 5.41) is 12.5. The normalized spacial score (nSPS) is 22.1. The molecule has 1 aromatic heterocycles. The Morgan fingerprint density at radius 2 is 2.43 bits per heavy atom. The van der Waals surface area contributed by atoms with Gasteiger partial charge in [0.25, 0.3) is 5.91 Å². The van der Waals surface area contributed by atoms with Crippen molar-refractivity contribution in [1.29, 1.82) is 0 Å². The minimum Gasteiger partial charge on any atom is -0.394 e. The summed E-state index contributed by atoms with van der Waals surface area (Å²) < 4.78 is 5.48. The second-order valence-electron chi connectivity index (χ2n) is 5.29. The fourth-order valence-corrected chi connectivity index (χ4v) is 2.34. The smallest absolute Gasteiger partial charge is 0.257 e. The molecule has 116 valence electrons. The summed E-state index contributed by atoms with van der Waals surface area (Å²) in [4.78, 5) is 18.6. The van der Waals surface area contributed by atoms with E-state index in [1.54, 1.807) is 17.3 Å². The van der Waals surface area contributed by atoms with Crippen LogP contribution in [0.4, 0.5) is 5.69 Å². The molecule has 1 aliphatic rings. The van der Waals surface area contributed by atoms with Gasteiger partial charge in [0.05, 0.1) is 36.6 Å². The summed E-state index contributed by atoms with van der Waals surface area (Å²) in [6.45, 7) is 5.59. The Kier molecular flexibility index (Phi) is 5.52. The number of nitrogens with one attached hydrogen (secondary N) is 1. The Hall–Kier alpha value is -1.66. The van der Waals surface area contributed by atoms with Crippen LogP contribution in [0, 0.1) is 0 Å². The van der Waals surface area contributed by atoms with Gasteiger partial charge < -0.3 is 20.1 Å². The molecular formula is C15H23N3O3. The molecule has 1 saturated heterocycles. The van der Waals surface area contributed by atoms with E-state index >= 15 is 0 Å². The molecule has 0 bridgehead atoms. The molecule has 2 heterocycles. The molecule has 0 spiro atoms. The SMILES string of the molecule is CCCNc1ccncc1C(=O)N1CC(CO)OCC1C. The quantitative estimate of drug-likeness (QED) is 0.851. The molecule has 0 radical (unpaired) electrons. The van der Waals surface area contributed by atoms with Crippen LogP contribution in [0.3, 0.4) is 0 Å². The molecule has 1 aliphatic heterocycles. The summed E-state index contributed by atoms with van der Waals surface area (Å²) >= 11 is 0. The number of hydrogen-bond acceptors (Lipinski definition) is 5. The summed E-state index contributed by atoms with van der Waals surface area (Å²) in [5.74, 6) is -0.0732. The van der Waals surface area contributed by atoms with Crippen LogP contribution in [0.1, 0.15) is 30.6 Å². The van der Waals surface area contributed by atoms with Crippen LogP contribution in [0.25, 0.3) is 0 Å². The van der Waals surface area contributed by atoms with Crippen LogP contribution in [0.15, 0.2) is 18.5 Å². The minimum atomic E-state index is -0.311. The van der Waals surface area contributed by atoms with Crippen LogP contribution in [0.2, 0.25) is 0 Å². The lowest BCUT2D eigenvalue weighted by molar-refractivity contribution is -0.0667. The monoisotopic (exact) mass is 293 g/mol. The Labute approximate surface area is 125 Å². The first-order valence-electron chi connectivity index (χ1n) is 7.38. The Bertz CT molecular complexity index is 481. The van der Waals surface area contributed by atoms with Gasteiger partial charge in [-0.3, -0.25) is 9.78 Å². The fraction of sp³-hybridized carbons (Fsp3) is 0.600. The zero-order chi connectivity index (χ0) is 15.2. The van der Waals surface area contributed by atoms with E-state index in [-0.39, 0.29) is 24.7 Å². The van der Waals surface area contributed by atoms with Crippen molar-refractivity contribution in [2.75, 3.05) is 31.6 Å². The number of nitrogens with zero attached hydrogens (tertiary/aromatic N) is 2. The molecule has 0 saturated carbocycles. The Morgan fingerprint density at radius 1 is 1.62 bits per heavy atom. The number of aliphatic hydroxyl groups is 1. The summed E-state index contributed by atoms with van der Waals surface area (Å²) in [6.07, 6.45) is 3.94. The van der Waals surface area contributed by atoms with Gasteiger partial charge in [-0.15, -0.1) is 0 Å². The first kappa shape index (κ1) is 15.7. The lowest BCUT2D eigenvalue weighted by atomic mass is 10.1. The van der Waals surface area contributed by atoms with Crippen molar-refractivity contribution in [2.45, 2.75) is 32.4 Å². The van der Waals surface area contributed by atoms with Crippen molar-refractivity contribution >= 4 is 11.6 Å². The number of anilines is 1. The second kappa shape index (κ2) is 7.38. The maximum absolute atomic E-state index is 12.8. The largest absolute Gasteiger partial charge is 0.394 e. The zero-order valence-corrected chi connectivity index (χ0v) is 12.6. The lowest BCUT2D eigenvalue weighted by Gasteiger charge is -2.37. The molecule has 6 nitrogen and oxygen atoms in total. The Balaban J connectivity index is 2.18. The van der Waals surface area contributed by atoms with Crippen LogP contribution in [-0.2, 0) is 4.74 Å². The standard InChI is InChI=1S/C15H23N3O3/c1-3-5-17-14-4-6-16-7-13(14)15(20)18-8-12(9-19)21-10-11(18)2/h4,6-7,11-12,19H,3,5,8-10H2,1-2H3,(H,16,17). The highest BCUT2D eigenvalue weighted by molar-refractivity contribution is 5.99. The summed E-state index contributed by atoms with van der Waals surface area (Å²) in [6, 6.07) is 1.80. The van der Waals surface area contributed by atoms with E-state index in [0.717, 1.165) is 18.7 Å². The van der Waals surface area contributed by atoms with Gasteiger partial charge in [-0.05, 0) is 19.4 Å². The van der Waals surface area contributed by atoms with Gasteiger partial charge in [0, 0.05) is 25.5 Å². The van der Waals surface area contributed by atoms with Crippen LogP contribution in [0.5, 0.6) is 0 Å². The van der Waals surface area contributed by atoms with Gasteiger partial charge in [-0.2, -0.15) is 0 Å². The van der Waals surface area contributed by atoms with E-state index in [2.05, 4.69) is 17.2 Å². The third kappa shape index (κ3) is 3.71. The number of morpholine rings is 1. The van der Waals surface area contributed by atoms with E-state index in [9.17, 15) is 9.90 Å². The van der Waals surface area contributed by atoms with Crippen LogP contribution >= 0.6 is 0 Å². The molecule has 6 heteroatoms. The van der Waals surface area contributed by atoms with Gasteiger partial charge in [0.1, 0.15) is 0 Å². The first-order chi connectivity index (χ1) is 10.2. The van der Waals surface area contributed by atoms with Gasteiger partial charge in [-0.25, -0.2) is 0 Å². The number of hydrogen-bond donors (Lipinski definition) is 2. The Morgan fingerprint density at radius 3 is 3.14 bits per heavy atom. The predicted molar refractivity (Wildman–Crippen MR) is 80.3 cm³/mol. The van der Waals surface area contributed by atoms with E-state index in [4.69, 9.17) is 4.74 Å². The molecule has 2 unspecified atom stereocenters. The molecule has 2 atom stereocenters. The number of carbonyl (C=O) groups is 1. The molecule has 0 aromatic carbocycles. The van der Waals surface area contributed by atoms with Gasteiger partial charge >= 0.3 is 0 Å². The number of pyridine rings is 1. The van der Waals surface area contributed by atoms with E-state index < -0.39 is 0 Å². The zero-order valence-electron chi connectivity index (χ0n) is 12.6. The van der Waals surface area contributed by atoms with Crippen molar-refractivity contribution in [3.63, 3.8) is 0 Å². The summed E-state index contributed by atoms with van der Waals surface area (Å²) in [7, 11) is 0. The molecule has 2 N–H and O–H groups in total. The fourth-order valence-electron chi connectivity index (χ4n) is 2.34. The highest BCUT2D eigenvalue weighted by Crippen LogP contribution is 2.20. The minimum absolute atomic E-state index is 0.0143. The topological polar surface area (TPSA) is 74.7 Å². The van der Waals surface area contributed by atoms with Crippen molar-refractivity contribution in [1.82, 2.24) is 9.88 Å². The average molecular weight is 293 g/mol. The van der Waals surface area contributed by atoms with Crippen molar-refractivity contribution in [3.8, 4) is 0 Å². The molecule has 21 heavy (non-hydrogen) atoms. The van der Waals surface area contributed by atoms with Crippen molar-refractivity contribution in [2.24, 2.45) is 0 Å². The number of aliphatic hydroxyl groups excluding tert-OH is 1. The predicted octanol–water partition coefficient (Wildman–Crippen LogP) is 1.13. The maximum atomic E-state index is 12.8. The molecule has 1 fully saturated rings. The third-order valence-corrected chi connectivity index (χ3v) is 3.59. The molecule has 1 aromatic rings. The van der Waals surface area contributed by atoms with Gasteiger partial charge in [0.15, 0.2) is 0 Å². The second-order valence-corrected chi connectivity index (χ2v) is 5.29. The van der Waals surface area contributed by atoms with Gasteiger partial charge in [-0.1, -0.05) is 6.92 Å². The van der Waals surface area contributed by atoms with E-state index in [1.807, 2.05) is 13.0 Å². The van der Waals surface area contributed by atoms with Crippen LogP contribution < -0.4 is 5.32 Å². The van der Waals surface area contributed by atoms with Gasteiger partial charge in [0.2, 0.25) is 0 Å². The third-order valence-electron chi connectivity index (χ3n) is 3.59. The number of carbonyl (C=O) groups excluding carboxylic acids is 1. The molecule has 1 amide bonds. The number of ether oxygens (including phenoxy) is 1. The van der Waals surface area contributed by atoms with Crippen molar-refractivity contribution in [3.05, 3.63) is 24.0 Å². The first-order valence-corrected chi connectivity index (χ1v) is 7.38. The molecule has 0 aliphatic carbocycles. The lowest BCUT2D eigenvalue weighted by Crippen LogP contribution is -2.52. The van der Waals surface area contributed by atoms with E-state index in [1.165, 1.54) is 0 Å². The number of aromatic nitrogens is 1. The number of rotatable bonds is 5. The summed E-state index contributed by atoms with van der Waals surface area (Å²) in [5.41, 5.74) is 1.37. The van der Waals surface area contributed by atoms with Crippen LogP contribution in [-0.4, -0.2) is 59.3 Å². The molecular weight excluding hydrogens is 270 g/mol. The maximum Gasteiger partial charge on any atom is 0.257 e. The number of amides is 1. The van der Waals surface area contributed by atoms with Crippen molar-refractivity contribution < 1.29 is 14.6 Å². The van der Waals surface area contributed by atoms with E-state index in [0.29, 0.717) is 18.7 Å². The average Bonchev–Trinajstić information content (AvgIpc) is 2.53.